The Balaban J connectivity index is 1.90. The maximum Gasteiger partial charge on any atom is 0.271 e. The van der Waals surface area contributed by atoms with Gasteiger partial charge in [-0.25, -0.2) is 0 Å². The molecule has 0 spiro atoms. The Labute approximate surface area is 128 Å². The zero-order valence-corrected chi connectivity index (χ0v) is 11.7. The Bertz CT molecular complexity index is 892. The third-order valence-corrected chi connectivity index (χ3v) is 3.32. The Morgan fingerprint density at radius 2 is 1.95 bits per heavy atom. The first kappa shape index (κ1) is 14.0. The lowest BCUT2D eigenvalue weighted by molar-refractivity contribution is -0.384. The minimum Gasteiger partial charge on any atom is -0.320 e. The topological polar surface area (TPSA) is 114 Å². The number of fused-ring (bicyclic) bond motifs is 1. The first-order valence-electron chi connectivity index (χ1n) is 6.10. The van der Waals surface area contributed by atoms with Crippen molar-refractivity contribution in [3.63, 3.8) is 0 Å². The maximum atomic E-state index is 12.2. The fourth-order valence-corrected chi connectivity index (χ4v) is 2.06. The van der Waals surface area contributed by atoms with Crippen LogP contribution < -0.4 is 5.32 Å². The quantitative estimate of drug-likeness (QED) is 0.569. The van der Waals surface area contributed by atoms with Gasteiger partial charge in [0.1, 0.15) is 11.0 Å². The molecule has 0 radical (unpaired) electrons. The van der Waals surface area contributed by atoms with E-state index in [4.69, 9.17) is 11.6 Å². The van der Waals surface area contributed by atoms with E-state index in [1.165, 1.54) is 18.2 Å². The van der Waals surface area contributed by atoms with Crippen LogP contribution in [-0.2, 0) is 0 Å². The molecular weight excluding hydrogens is 310 g/mol. The molecule has 0 saturated carbocycles. The molecule has 0 aliphatic heterocycles. The number of nitro groups is 1. The van der Waals surface area contributed by atoms with Crippen molar-refractivity contribution in [2.75, 3.05) is 5.32 Å². The average molecular weight is 318 g/mol. The summed E-state index contributed by atoms with van der Waals surface area (Å²) in [5.74, 6) is -0.452. The van der Waals surface area contributed by atoms with E-state index >= 15 is 0 Å². The highest BCUT2D eigenvalue weighted by atomic mass is 35.5. The van der Waals surface area contributed by atoms with Crippen molar-refractivity contribution in [1.82, 2.24) is 15.4 Å². The van der Waals surface area contributed by atoms with Crippen LogP contribution in [-0.4, -0.2) is 26.2 Å². The normalized spacial score (nSPS) is 10.6. The van der Waals surface area contributed by atoms with E-state index in [0.29, 0.717) is 16.6 Å². The van der Waals surface area contributed by atoms with Crippen LogP contribution in [0.15, 0.2) is 36.4 Å². The number of non-ortho nitro benzene ring substituents is 1. The van der Waals surface area contributed by atoms with Crippen molar-refractivity contribution < 1.29 is 9.72 Å². The molecule has 3 rings (SSSR count). The number of benzene rings is 2. The fourth-order valence-electron chi connectivity index (χ4n) is 1.90. The zero-order valence-electron chi connectivity index (χ0n) is 10.9. The number of nitrogens with one attached hydrogen (secondary N) is 2. The number of anilines is 1. The van der Waals surface area contributed by atoms with E-state index in [-0.39, 0.29) is 16.4 Å². The first-order valence-corrected chi connectivity index (χ1v) is 6.48. The molecule has 9 heteroatoms. The van der Waals surface area contributed by atoms with Gasteiger partial charge in [0.05, 0.1) is 15.6 Å². The third kappa shape index (κ3) is 2.59. The fraction of sp³-hybridized carbons (Fsp3) is 0. The molecule has 0 fully saturated rings. The molecular formula is C13H8ClN5O3. The lowest BCUT2D eigenvalue weighted by Gasteiger charge is -2.07. The predicted molar refractivity (Wildman–Crippen MR) is 79.9 cm³/mol. The number of nitro benzene ring substituents is 1. The minimum absolute atomic E-state index is 0.161. The Morgan fingerprint density at radius 1 is 1.18 bits per heavy atom. The van der Waals surface area contributed by atoms with E-state index in [9.17, 15) is 14.9 Å². The summed E-state index contributed by atoms with van der Waals surface area (Å²) in [4.78, 5) is 22.4. The lowest BCUT2D eigenvalue weighted by Crippen LogP contribution is -2.12. The number of H-pyrrole nitrogens is 1. The summed E-state index contributed by atoms with van der Waals surface area (Å²) < 4.78 is 0. The van der Waals surface area contributed by atoms with Gasteiger partial charge in [-0.15, -0.1) is 0 Å². The molecule has 3 aromatic rings. The molecule has 2 aromatic carbocycles. The molecule has 22 heavy (non-hydrogen) atoms. The molecule has 0 unspecified atom stereocenters. The highest BCUT2D eigenvalue weighted by molar-refractivity contribution is 6.34. The number of hydrogen-bond donors (Lipinski definition) is 2. The monoisotopic (exact) mass is 317 g/mol. The number of hydrogen-bond acceptors (Lipinski definition) is 5. The lowest BCUT2D eigenvalue weighted by atomic mass is 10.2. The second-order valence-corrected chi connectivity index (χ2v) is 4.81. The number of aromatic amines is 1. The van der Waals surface area contributed by atoms with Crippen LogP contribution in [0.1, 0.15) is 10.4 Å². The van der Waals surface area contributed by atoms with Crippen LogP contribution in [0.25, 0.3) is 11.0 Å². The minimum atomic E-state index is -0.562. The Kier molecular flexibility index (Phi) is 3.43. The molecule has 110 valence electrons. The number of halogens is 1. The van der Waals surface area contributed by atoms with E-state index in [1.54, 1.807) is 18.2 Å². The van der Waals surface area contributed by atoms with Gasteiger partial charge in [-0.1, -0.05) is 11.6 Å². The third-order valence-electron chi connectivity index (χ3n) is 2.99. The smallest absolute Gasteiger partial charge is 0.271 e. The van der Waals surface area contributed by atoms with E-state index in [2.05, 4.69) is 20.7 Å². The Morgan fingerprint density at radius 3 is 2.73 bits per heavy atom. The maximum absolute atomic E-state index is 12.2. The predicted octanol–water partition coefficient (Wildman–Crippen LogP) is 2.77. The van der Waals surface area contributed by atoms with Crippen molar-refractivity contribution in [2.24, 2.45) is 0 Å². The molecule has 1 heterocycles. The standard InChI is InChI=1S/C13H8ClN5O3/c14-9-3-2-8(19(21)22)6-11(9)15-13(20)7-1-4-10-12(5-7)17-18-16-10/h1-6H,(H,15,20)(H,16,17,18). The highest BCUT2D eigenvalue weighted by Crippen LogP contribution is 2.27. The summed E-state index contributed by atoms with van der Waals surface area (Å²) in [6, 6.07) is 8.60. The van der Waals surface area contributed by atoms with Gasteiger partial charge in [0.15, 0.2) is 0 Å². The SMILES string of the molecule is O=C(Nc1cc([N+](=O)[O-])ccc1Cl)c1ccc2n[nH]nc2c1. The number of amides is 1. The number of carbonyl (C=O) groups is 1. The van der Waals surface area contributed by atoms with Gasteiger partial charge < -0.3 is 5.32 Å². The number of carbonyl (C=O) groups excluding carboxylic acids is 1. The van der Waals surface area contributed by atoms with Crippen molar-refractivity contribution in [3.8, 4) is 0 Å². The summed E-state index contributed by atoms with van der Waals surface area (Å²) in [6.45, 7) is 0. The van der Waals surface area contributed by atoms with Crippen molar-refractivity contribution in [1.29, 1.82) is 0 Å². The van der Waals surface area contributed by atoms with Crippen molar-refractivity contribution in [2.45, 2.75) is 0 Å². The van der Waals surface area contributed by atoms with Crippen LogP contribution >= 0.6 is 11.6 Å². The molecule has 0 atom stereocenters. The summed E-state index contributed by atoms with van der Waals surface area (Å²) in [7, 11) is 0. The molecule has 0 bridgehead atoms. The zero-order chi connectivity index (χ0) is 15.7. The van der Waals surface area contributed by atoms with Crippen LogP contribution in [0.2, 0.25) is 5.02 Å². The molecule has 0 aliphatic carbocycles. The van der Waals surface area contributed by atoms with Crippen LogP contribution in [0.4, 0.5) is 11.4 Å². The second kappa shape index (κ2) is 5.41. The molecule has 1 amide bonds. The van der Waals surface area contributed by atoms with E-state index in [1.807, 2.05) is 0 Å². The van der Waals surface area contributed by atoms with Gasteiger partial charge in [-0.3, -0.25) is 14.9 Å². The van der Waals surface area contributed by atoms with Crippen molar-refractivity contribution >= 4 is 39.9 Å². The van der Waals surface area contributed by atoms with Crippen LogP contribution in [0.3, 0.4) is 0 Å². The second-order valence-electron chi connectivity index (χ2n) is 4.40. The average Bonchev–Trinajstić information content (AvgIpc) is 2.96. The number of aromatic nitrogens is 3. The largest absolute Gasteiger partial charge is 0.320 e. The summed E-state index contributed by atoms with van der Waals surface area (Å²) in [5.41, 5.74) is 1.51. The number of rotatable bonds is 3. The summed E-state index contributed by atoms with van der Waals surface area (Å²) in [5, 5.41) is 23.8. The molecule has 8 nitrogen and oxygen atoms in total. The van der Waals surface area contributed by atoms with Crippen molar-refractivity contribution in [3.05, 3.63) is 57.1 Å². The highest BCUT2D eigenvalue weighted by Gasteiger charge is 2.14. The molecule has 2 N–H and O–H groups in total. The van der Waals surface area contributed by atoms with Gasteiger partial charge in [0, 0.05) is 17.7 Å². The van der Waals surface area contributed by atoms with Gasteiger partial charge in [-0.05, 0) is 24.3 Å². The van der Waals surface area contributed by atoms with Gasteiger partial charge in [-0.2, -0.15) is 15.4 Å². The molecule has 1 aromatic heterocycles. The molecule has 0 aliphatic rings. The van der Waals surface area contributed by atoms with E-state index < -0.39 is 10.8 Å². The molecule has 0 saturated heterocycles. The number of nitrogens with zero attached hydrogens (tertiary/aromatic N) is 3. The Hall–Kier alpha value is -3.00. The van der Waals surface area contributed by atoms with Crippen LogP contribution in [0, 0.1) is 10.1 Å². The van der Waals surface area contributed by atoms with Crippen LogP contribution in [0.5, 0.6) is 0 Å². The van der Waals surface area contributed by atoms with Gasteiger partial charge in [0.25, 0.3) is 11.6 Å². The first-order chi connectivity index (χ1) is 10.5. The van der Waals surface area contributed by atoms with Gasteiger partial charge in [0.2, 0.25) is 0 Å². The summed E-state index contributed by atoms with van der Waals surface area (Å²) in [6.07, 6.45) is 0. The van der Waals surface area contributed by atoms with Gasteiger partial charge >= 0.3 is 0 Å². The summed E-state index contributed by atoms with van der Waals surface area (Å²) >= 11 is 5.95. The van der Waals surface area contributed by atoms with E-state index in [0.717, 1.165) is 0 Å².